The van der Waals surface area contributed by atoms with Crippen LogP contribution in [-0.2, 0) is 0 Å². The summed E-state index contributed by atoms with van der Waals surface area (Å²) in [6, 6.07) is 20.3. The van der Waals surface area contributed by atoms with E-state index >= 15 is 0 Å². The molecule has 0 aliphatic heterocycles. The molecule has 2 aromatic carbocycles. The van der Waals surface area contributed by atoms with Crippen molar-refractivity contribution in [2.24, 2.45) is 0 Å². The van der Waals surface area contributed by atoms with E-state index in [1.807, 2.05) is 48.5 Å². The molecule has 0 bridgehead atoms. The number of rotatable bonds is 4. The fourth-order valence-corrected chi connectivity index (χ4v) is 2.36. The van der Waals surface area contributed by atoms with Gasteiger partial charge in [0.2, 0.25) is 0 Å². The Hall–Kier alpha value is -3.01. The number of amides is 1. The largest absolute Gasteiger partial charge is 0.340 e. The molecule has 1 amide bonds. The maximum Gasteiger partial charge on any atom is 0.252 e. The first-order valence-electron chi connectivity index (χ1n) is 7.26. The van der Waals surface area contributed by atoms with Crippen molar-refractivity contribution in [3.8, 4) is 0 Å². The van der Waals surface area contributed by atoms with Crippen LogP contribution in [0.5, 0.6) is 0 Å². The molecule has 3 aromatic rings. The zero-order valence-corrected chi connectivity index (χ0v) is 12.3. The molecule has 4 heteroatoms. The number of benzene rings is 2. The van der Waals surface area contributed by atoms with Crippen LogP contribution in [0.2, 0.25) is 0 Å². The van der Waals surface area contributed by atoms with Crippen LogP contribution in [0, 0.1) is 5.82 Å². The Labute approximate surface area is 133 Å². The zero-order valence-electron chi connectivity index (χ0n) is 12.3. The average Bonchev–Trinajstić information content (AvgIpc) is 2.61. The van der Waals surface area contributed by atoms with E-state index in [2.05, 4.69) is 10.3 Å². The van der Waals surface area contributed by atoms with Crippen molar-refractivity contribution < 1.29 is 9.18 Å². The van der Waals surface area contributed by atoms with Crippen LogP contribution in [-0.4, -0.2) is 10.9 Å². The molecule has 0 aliphatic rings. The third-order valence-electron chi connectivity index (χ3n) is 3.48. The molecule has 0 fully saturated rings. The van der Waals surface area contributed by atoms with Crippen LogP contribution < -0.4 is 5.32 Å². The lowest BCUT2D eigenvalue weighted by Crippen LogP contribution is -2.29. The van der Waals surface area contributed by atoms with Gasteiger partial charge < -0.3 is 5.32 Å². The van der Waals surface area contributed by atoms with Gasteiger partial charge in [-0.2, -0.15) is 0 Å². The van der Waals surface area contributed by atoms with E-state index in [4.69, 9.17) is 0 Å². The van der Waals surface area contributed by atoms with Crippen LogP contribution in [0.15, 0.2) is 79.0 Å². The highest BCUT2D eigenvalue weighted by molar-refractivity contribution is 5.94. The molecule has 0 aliphatic carbocycles. The smallest absolute Gasteiger partial charge is 0.252 e. The summed E-state index contributed by atoms with van der Waals surface area (Å²) in [7, 11) is 0. The highest BCUT2D eigenvalue weighted by Gasteiger charge is 2.18. The predicted octanol–water partition coefficient (Wildman–Crippen LogP) is 3.74. The van der Waals surface area contributed by atoms with Gasteiger partial charge in [0.1, 0.15) is 5.82 Å². The number of nitrogens with zero attached hydrogens (tertiary/aromatic N) is 1. The molecule has 1 unspecified atom stereocenters. The van der Waals surface area contributed by atoms with Gasteiger partial charge in [0.05, 0.1) is 11.7 Å². The Morgan fingerprint density at radius 1 is 0.957 bits per heavy atom. The number of halogens is 1. The predicted molar refractivity (Wildman–Crippen MR) is 86.4 cm³/mol. The number of aromatic nitrogens is 1. The summed E-state index contributed by atoms with van der Waals surface area (Å²) in [5, 5.41) is 2.92. The third-order valence-corrected chi connectivity index (χ3v) is 3.48. The SMILES string of the molecule is O=C(NC(c1ccccc1)c1ccccn1)c1cccc(F)c1. The van der Waals surface area contributed by atoms with Gasteiger partial charge >= 0.3 is 0 Å². The van der Waals surface area contributed by atoms with Gasteiger partial charge in [-0.15, -0.1) is 0 Å². The molecule has 114 valence electrons. The average molecular weight is 306 g/mol. The van der Waals surface area contributed by atoms with Crippen molar-refractivity contribution in [1.82, 2.24) is 10.3 Å². The molecular weight excluding hydrogens is 291 g/mol. The minimum Gasteiger partial charge on any atom is -0.340 e. The Morgan fingerprint density at radius 2 is 1.74 bits per heavy atom. The lowest BCUT2D eigenvalue weighted by atomic mass is 10.0. The van der Waals surface area contributed by atoms with Gasteiger partial charge in [-0.05, 0) is 35.9 Å². The van der Waals surface area contributed by atoms with E-state index in [1.165, 1.54) is 18.2 Å². The van der Waals surface area contributed by atoms with Gasteiger partial charge in [0.25, 0.3) is 5.91 Å². The monoisotopic (exact) mass is 306 g/mol. The first-order chi connectivity index (χ1) is 11.2. The molecule has 1 heterocycles. The molecule has 0 radical (unpaired) electrons. The summed E-state index contributed by atoms with van der Waals surface area (Å²) in [5.41, 5.74) is 1.92. The standard InChI is InChI=1S/C19H15FN2O/c20-16-10-6-9-15(13-16)19(23)22-18(14-7-2-1-3-8-14)17-11-4-5-12-21-17/h1-13,18H,(H,22,23). The van der Waals surface area contributed by atoms with Crippen molar-refractivity contribution in [1.29, 1.82) is 0 Å². The number of pyridine rings is 1. The summed E-state index contributed by atoms with van der Waals surface area (Å²) in [6.45, 7) is 0. The first kappa shape index (κ1) is 14.9. The van der Waals surface area contributed by atoms with Crippen LogP contribution in [0.4, 0.5) is 4.39 Å². The Bertz CT molecular complexity index is 751. The number of hydrogen-bond donors (Lipinski definition) is 1. The fraction of sp³-hybridized carbons (Fsp3) is 0.0526. The summed E-state index contributed by atoms with van der Waals surface area (Å²) < 4.78 is 13.3. The normalized spacial score (nSPS) is 11.7. The Morgan fingerprint density at radius 3 is 2.43 bits per heavy atom. The zero-order chi connectivity index (χ0) is 16.1. The van der Waals surface area contributed by atoms with Gasteiger partial charge in [-0.3, -0.25) is 9.78 Å². The second kappa shape index (κ2) is 6.83. The van der Waals surface area contributed by atoms with Crippen LogP contribution >= 0.6 is 0 Å². The summed E-state index contributed by atoms with van der Waals surface area (Å²) in [6.07, 6.45) is 1.68. The Balaban J connectivity index is 1.92. The van der Waals surface area contributed by atoms with E-state index in [-0.39, 0.29) is 11.5 Å². The van der Waals surface area contributed by atoms with Crippen molar-refractivity contribution in [2.75, 3.05) is 0 Å². The van der Waals surface area contributed by atoms with Crippen molar-refractivity contribution in [3.05, 3.63) is 102 Å². The highest BCUT2D eigenvalue weighted by atomic mass is 19.1. The number of nitrogens with one attached hydrogen (secondary N) is 1. The lowest BCUT2D eigenvalue weighted by molar-refractivity contribution is 0.0942. The molecular formula is C19H15FN2O. The molecule has 0 saturated heterocycles. The summed E-state index contributed by atoms with van der Waals surface area (Å²) in [5.74, 6) is -0.782. The minimum absolute atomic E-state index is 0.280. The van der Waals surface area contributed by atoms with E-state index < -0.39 is 11.9 Å². The van der Waals surface area contributed by atoms with Crippen LogP contribution in [0.1, 0.15) is 27.7 Å². The maximum absolute atomic E-state index is 13.3. The second-order valence-corrected chi connectivity index (χ2v) is 5.08. The molecule has 1 N–H and O–H groups in total. The summed E-state index contributed by atoms with van der Waals surface area (Å²) in [4.78, 5) is 16.8. The van der Waals surface area contributed by atoms with E-state index in [1.54, 1.807) is 12.3 Å². The molecule has 1 atom stereocenters. The van der Waals surface area contributed by atoms with Gasteiger partial charge in [-0.1, -0.05) is 42.5 Å². The summed E-state index contributed by atoms with van der Waals surface area (Å²) >= 11 is 0. The molecule has 23 heavy (non-hydrogen) atoms. The van der Waals surface area contributed by atoms with Crippen molar-refractivity contribution in [2.45, 2.75) is 6.04 Å². The van der Waals surface area contributed by atoms with Gasteiger partial charge in [-0.25, -0.2) is 4.39 Å². The first-order valence-corrected chi connectivity index (χ1v) is 7.26. The van der Waals surface area contributed by atoms with Crippen LogP contribution in [0.3, 0.4) is 0 Å². The van der Waals surface area contributed by atoms with Gasteiger partial charge in [0, 0.05) is 11.8 Å². The Kier molecular flexibility index (Phi) is 4.43. The van der Waals surface area contributed by atoms with Crippen LogP contribution in [0.25, 0.3) is 0 Å². The van der Waals surface area contributed by atoms with Gasteiger partial charge in [0.15, 0.2) is 0 Å². The minimum atomic E-state index is -0.438. The highest BCUT2D eigenvalue weighted by Crippen LogP contribution is 2.20. The topological polar surface area (TPSA) is 42.0 Å². The molecule has 3 rings (SSSR count). The van der Waals surface area contributed by atoms with E-state index in [0.717, 1.165) is 11.3 Å². The lowest BCUT2D eigenvalue weighted by Gasteiger charge is -2.19. The number of carbonyl (C=O) groups is 1. The van der Waals surface area contributed by atoms with E-state index in [0.29, 0.717) is 0 Å². The number of hydrogen-bond acceptors (Lipinski definition) is 2. The molecule has 0 spiro atoms. The maximum atomic E-state index is 13.3. The fourth-order valence-electron chi connectivity index (χ4n) is 2.36. The third kappa shape index (κ3) is 3.61. The quantitative estimate of drug-likeness (QED) is 0.798. The van der Waals surface area contributed by atoms with E-state index in [9.17, 15) is 9.18 Å². The molecule has 0 saturated carbocycles. The molecule has 3 nitrogen and oxygen atoms in total. The van der Waals surface area contributed by atoms with Crippen molar-refractivity contribution >= 4 is 5.91 Å². The molecule has 1 aromatic heterocycles. The second-order valence-electron chi connectivity index (χ2n) is 5.08. The number of carbonyl (C=O) groups excluding carboxylic acids is 1. The van der Waals surface area contributed by atoms with Crippen molar-refractivity contribution in [3.63, 3.8) is 0 Å².